The summed E-state index contributed by atoms with van der Waals surface area (Å²) >= 11 is 1.50. The minimum Gasteiger partial charge on any atom is -0.442 e. The molecule has 5 nitrogen and oxygen atoms in total. The first kappa shape index (κ1) is 15.2. The van der Waals surface area contributed by atoms with E-state index >= 15 is 0 Å². The standard InChI is InChI=1S/C16H20N2O3S/c19-15(17-10-16(20)7-3-1-2-4-8-16)13-14(21-11-18-13)12-6-5-9-22-12/h5-6,9,11,20H,1-4,7-8,10H2,(H,17,19). The molecule has 0 radical (unpaired) electrons. The van der Waals surface area contributed by atoms with E-state index in [1.807, 2.05) is 17.5 Å². The van der Waals surface area contributed by atoms with Crippen molar-refractivity contribution in [1.29, 1.82) is 0 Å². The molecule has 0 aromatic carbocycles. The molecule has 22 heavy (non-hydrogen) atoms. The number of aromatic nitrogens is 1. The van der Waals surface area contributed by atoms with Crippen LogP contribution in [0.15, 0.2) is 28.3 Å². The van der Waals surface area contributed by atoms with Crippen molar-refractivity contribution in [2.75, 3.05) is 6.54 Å². The van der Waals surface area contributed by atoms with E-state index in [0.29, 0.717) is 5.76 Å². The second-order valence-electron chi connectivity index (χ2n) is 5.83. The van der Waals surface area contributed by atoms with Crippen LogP contribution in [0.4, 0.5) is 0 Å². The average molecular weight is 320 g/mol. The number of amides is 1. The molecule has 1 aliphatic carbocycles. The summed E-state index contributed by atoms with van der Waals surface area (Å²) in [7, 11) is 0. The predicted molar refractivity (Wildman–Crippen MR) is 84.8 cm³/mol. The molecular formula is C16H20N2O3S. The van der Waals surface area contributed by atoms with Gasteiger partial charge < -0.3 is 14.8 Å². The van der Waals surface area contributed by atoms with Crippen LogP contribution in [-0.2, 0) is 0 Å². The molecule has 2 aromatic rings. The predicted octanol–water partition coefficient (Wildman–Crippen LogP) is 3.22. The fourth-order valence-electron chi connectivity index (χ4n) is 2.88. The highest BCUT2D eigenvalue weighted by atomic mass is 32.1. The molecule has 2 aromatic heterocycles. The van der Waals surface area contributed by atoms with Crippen molar-refractivity contribution < 1.29 is 14.3 Å². The largest absolute Gasteiger partial charge is 0.442 e. The van der Waals surface area contributed by atoms with Crippen molar-refractivity contribution >= 4 is 17.2 Å². The lowest BCUT2D eigenvalue weighted by molar-refractivity contribution is 0.0246. The van der Waals surface area contributed by atoms with Gasteiger partial charge in [0.2, 0.25) is 0 Å². The Balaban J connectivity index is 1.66. The Bertz CT molecular complexity index is 613. The Morgan fingerprint density at radius 2 is 2.14 bits per heavy atom. The Hall–Kier alpha value is -1.66. The molecule has 2 N–H and O–H groups in total. The first-order valence-electron chi connectivity index (χ1n) is 7.66. The van der Waals surface area contributed by atoms with Gasteiger partial charge in [-0.2, -0.15) is 0 Å². The molecule has 118 valence electrons. The highest BCUT2D eigenvalue weighted by Crippen LogP contribution is 2.28. The normalized spacial score (nSPS) is 17.9. The smallest absolute Gasteiger partial charge is 0.274 e. The molecule has 1 fully saturated rings. The SMILES string of the molecule is O=C(NCC1(O)CCCCCC1)c1ncoc1-c1cccs1. The number of hydrogen-bond acceptors (Lipinski definition) is 5. The maximum Gasteiger partial charge on any atom is 0.274 e. The number of aliphatic hydroxyl groups is 1. The molecule has 0 unspecified atom stereocenters. The van der Waals surface area contributed by atoms with Gasteiger partial charge in [0, 0.05) is 6.54 Å². The van der Waals surface area contributed by atoms with Gasteiger partial charge in [0.1, 0.15) is 0 Å². The van der Waals surface area contributed by atoms with Gasteiger partial charge in [-0.3, -0.25) is 4.79 Å². The zero-order chi connectivity index (χ0) is 15.4. The molecule has 1 saturated carbocycles. The van der Waals surface area contributed by atoms with Crippen molar-refractivity contribution in [2.45, 2.75) is 44.1 Å². The lowest BCUT2D eigenvalue weighted by Gasteiger charge is -2.26. The Morgan fingerprint density at radius 3 is 2.82 bits per heavy atom. The van der Waals surface area contributed by atoms with Gasteiger partial charge in [-0.05, 0) is 24.3 Å². The summed E-state index contributed by atoms with van der Waals surface area (Å²) < 4.78 is 5.34. The maximum atomic E-state index is 12.4. The number of nitrogens with one attached hydrogen (secondary N) is 1. The van der Waals surface area contributed by atoms with Gasteiger partial charge in [0.05, 0.1) is 10.5 Å². The number of hydrogen-bond donors (Lipinski definition) is 2. The van der Waals surface area contributed by atoms with E-state index in [9.17, 15) is 9.90 Å². The van der Waals surface area contributed by atoms with Gasteiger partial charge in [0.25, 0.3) is 5.91 Å². The van der Waals surface area contributed by atoms with Gasteiger partial charge >= 0.3 is 0 Å². The zero-order valence-electron chi connectivity index (χ0n) is 12.4. The lowest BCUT2D eigenvalue weighted by Crippen LogP contribution is -2.42. The third-order valence-corrected chi connectivity index (χ3v) is 5.01. The van der Waals surface area contributed by atoms with Crippen LogP contribution < -0.4 is 5.32 Å². The van der Waals surface area contributed by atoms with Gasteiger partial charge in [-0.15, -0.1) is 11.3 Å². The molecule has 6 heteroatoms. The van der Waals surface area contributed by atoms with Crippen LogP contribution in [0.3, 0.4) is 0 Å². The van der Waals surface area contributed by atoms with Gasteiger partial charge in [0.15, 0.2) is 17.8 Å². The third kappa shape index (κ3) is 3.39. The summed E-state index contributed by atoms with van der Waals surface area (Å²) in [5.41, 5.74) is -0.515. The summed E-state index contributed by atoms with van der Waals surface area (Å²) in [6, 6.07) is 3.79. The number of rotatable bonds is 4. The van der Waals surface area contributed by atoms with E-state index in [0.717, 1.165) is 43.4 Å². The molecule has 1 aliphatic rings. The Labute approximate surface area is 133 Å². The van der Waals surface area contributed by atoms with E-state index in [2.05, 4.69) is 10.3 Å². The molecule has 0 atom stereocenters. The summed E-state index contributed by atoms with van der Waals surface area (Å²) in [6.45, 7) is 0.266. The number of thiophene rings is 1. The molecule has 3 rings (SSSR count). The van der Waals surface area contributed by atoms with E-state index in [-0.39, 0.29) is 18.1 Å². The quantitative estimate of drug-likeness (QED) is 0.848. The average Bonchev–Trinajstić information content (AvgIpc) is 3.15. The number of nitrogens with zero attached hydrogens (tertiary/aromatic N) is 1. The monoisotopic (exact) mass is 320 g/mol. The number of carbonyl (C=O) groups excluding carboxylic acids is 1. The van der Waals surface area contributed by atoms with Crippen LogP contribution in [0.1, 0.15) is 49.0 Å². The highest BCUT2D eigenvalue weighted by Gasteiger charge is 2.29. The molecule has 0 spiro atoms. The second-order valence-corrected chi connectivity index (χ2v) is 6.78. The van der Waals surface area contributed by atoms with E-state index in [1.165, 1.54) is 17.7 Å². The van der Waals surface area contributed by atoms with Crippen LogP contribution in [0, 0.1) is 0 Å². The summed E-state index contributed by atoms with van der Waals surface area (Å²) in [5.74, 6) is 0.190. The zero-order valence-corrected chi connectivity index (χ0v) is 13.2. The highest BCUT2D eigenvalue weighted by molar-refractivity contribution is 7.13. The first-order valence-corrected chi connectivity index (χ1v) is 8.54. The van der Waals surface area contributed by atoms with Crippen molar-refractivity contribution in [2.24, 2.45) is 0 Å². The van der Waals surface area contributed by atoms with Crippen LogP contribution in [0.25, 0.3) is 10.6 Å². The Morgan fingerprint density at radius 1 is 1.36 bits per heavy atom. The lowest BCUT2D eigenvalue weighted by atomic mass is 9.94. The first-order chi connectivity index (χ1) is 10.7. The van der Waals surface area contributed by atoms with Gasteiger partial charge in [-0.1, -0.05) is 31.7 Å². The van der Waals surface area contributed by atoms with Crippen molar-refractivity contribution in [3.05, 3.63) is 29.6 Å². The molecule has 0 aliphatic heterocycles. The molecule has 0 bridgehead atoms. The van der Waals surface area contributed by atoms with Crippen molar-refractivity contribution in [3.63, 3.8) is 0 Å². The molecule has 0 saturated heterocycles. The maximum absolute atomic E-state index is 12.4. The van der Waals surface area contributed by atoms with Gasteiger partial charge in [-0.25, -0.2) is 4.98 Å². The minimum absolute atomic E-state index is 0.266. The van der Waals surface area contributed by atoms with Crippen molar-refractivity contribution in [3.8, 4) is 10.6 Å². The fraction of sp³-hybridized carbons (Fsp3) is 0.500. The van der Waals surface area contributed by atoms with Crippen LogP contribution >= 0.6 is 11.3 Å². The summed E-state index contributed by atoms with van der Waals surface area (Å²) in [6.07, 6.45) is 7.09. The van der Waals surface area contributed by atoms with Crippen LogP contribution in [-0.4, -0.2) is 28.1 Å². The summed E-state index contributed by atoms with van der Waals surface area (Å²) in [5, 5.41) is 15.3. The molecule has 2 heterocycles. The summed E-state index contributed by atoms with van der Waals surface area (Å²) in [4.78, 5) is 17.2. The third-order valence-electron chi connectivity index (χ3n) is 4.14. The van der Waals surface area contributed by atoms with Crippen LogP contribution in [0.2, 0.25) is 0 Å². The second kappa shape index (κ2) is 6.62. The molecule has 1 amide bonds. The number of oxazole rings is 1. The molecular weight excluding hydrogens is 300 g/mol. The van der Waals surface area contributed by atoms with Crippen LogP contribution in [0.5, 0.6) is 0 Å². The van der Waals surface area contributed by atoms with E-state index < -0.39 is 5.60 Å². The van der Waals surface area contributed by atoms with E-state index in [1.54, 1.807) is 0 Å². The topological polar surface area (TPSA) is 75.4 Å². The fourth-order valence-corrected chi connectivity index (χ4v) is 3.60. The minimum atomic E-state index is -0.793. The van der Waals surface area contributed by atoms with E-state index in [4.69, 9.17) is 4.42 Å². The van der Waals surface area contributed by atoms with Crippen molar-refractivity contribution in [1.82, 2.24) is 10.3 Å². The number of carbonyl (C=O) groups is 1. The Kier molecular flexibility index (Phi) is 4.59.